The number of aromatic nitrogens is 6. The fourth-order valence-electron chi connectivity index (χ4n) is 22.5. The number of aryl methyl sites for hydroxylation is 3. The van der Waals surface area contributed by atoms with E-state index in [4.69, 9.17) is 72.5 Å². The van der Waals surface area contributed by atoms with E-state index in [-0.39, 0.29) is 149 Å². The van der Waals surface area contributed by atoms with Gasteiger partial charge in [-0.1, -0.05) is 153 Å². The van der Waals surface area contributed by atoms with Crippen molar-refractivity contribution in [3.05, 3.63) is 71.7 Å². The minimum absolute atomic E-state index is 0. The molecule has 10 aliphatic rings. The summed E-state index contributed by atoms with van der Waals surface area (Å²) in [5.41, 5.74) is 1.66. The number of amides is 3. The summed E-state index contributed by atoms with van der Waals surface area (Å²) in [7, 11) is 4.75. The normalized spacial score (nSPS) is 29.4. The number of carbonyl (C=O) groups excluding carboxylic acids is 9. The van der Waals surface area contributed by atoms with Gasteiger partial charge in [0.25, 0.3) is 5.92 Å². The first-order valence-corrected chi connectivity index (χ1v) is 49.2. The van der Waals surface area contributed by atoms with Gasteiger partial charge < -0.3 is 71.7 Å². The molecule has 3 amide bonds. The number of methoxy groups -OCH3 is 3. The second-order valence-electron chi connectivity index (χ2n) is 43.0. The van der Waals surface area contributed by atoms with Crippen LogP contribution in [0.3, 0.4) is 0 Å². The largest absolute Gasteiger partial charge is 0.540 e. The molecular weight excluding hydrogens is 1910 g/mol. The molecule has 6 aromatic rings. The molecule has 139 heavy (non-hydrogen) atoms. The van der Waals surface area contributed by atoms with Gasteiger partial charge in [-0.25, -0.2) is 57.5 Å². The van der Waals surface area contributed by atoms with Crippen molar-refractivity contribution in [2.45, 2.75) is 336 Å². The Morgan fingerprint density at radius 2 is 0.777 bits per heavy atom. The smallest absolute Gasteiger partial charge is 0.428 e. The first kappa shape index (κ1) is 111. The zero-order valence-corrected chi connectivity index (χ0v) is 86.9. The van der Waals surface area contributed by atoms with E-state index in [1.807, 2.05) is 92.0 Å². The van der Waals surface area contributed by atoms with Gasteiger partial charge in [0.1, 0.15) is 64.9 Å². The van der Waals surface area contributed by atoms with E-state index in [9.17, 15) is 65.1 Å². The van der Waals surface area contributed by atoms with Crippen molar-refractivity contribution in [1.82, 2.24) is 44.6 Å². The first-order chi connectivity index (χ1) is 64.5. The average Bonchev–Trinajstić information content (AvgIpc) is 1.60. The van der Waals surface area contributed by atoms with Gasteiger partial charge in [0.05, 0.1) is 111 Å². The van der Waals surface area contributed by atoms with Crippen LogP contribution in [-0.4, -0.2) is 206 Å². The molecule has 4 aliphatic carbocycles. The standard InChI is InChI=1S/C36H48N3O6.C34H43F3N3O6.C34H44F2N3O6.3V/c1-6-24-29(21-40)39-20-31(24)45-33-27(37-26-13-12-23(43-5)16-28(26)38-33)11-9-7-8-10-22-18-36(14-15-36)19-30(22)44-32(41)17-25(34(39)42)35(2,3)4;1-20-27(19-41)40-18-28(20)45-30-25(38-24-14-13-22(44-5)16-26(24)39-30)12-8-6-7-10-21-11-9-15-33(21,34(35,36)37)46-29(42)17-23(31(40)43)32(2,3)4;1-6-22-27(19-40)39-18-29(22)45-31-25(37-24-13-12-21(43-5)14-26(24)38-31)11-9-7-8-10-20-16-34(35,36)17-28(20)44-30(41)15-23(32(39)42)33(2,3)4;;;/h12-13,16,22,24-25,29-31H,6-11,14-15,17-20H2,1-5H3;13-14,16,20-21,23,27-28H,6-12,15,17-18H2,1-5H3;12-14,20,22-23,27-29H,6-11,15-18H2,1-5H3;;;/q3*-1;;;/t22-,24+,25-,29-,30-,31+;20-,21+,23+,27+,28-,33+;20-,22+,23-,27-,28-,29+;;;/m101.../s1. The Morgan fingerprint density at radius 3 is 1.15 bits per heavy atom. The third-order valence-corrected chi connectivity index (χ3v) is 30.7. The molecule has 9 heterocycles. The van der Waals surface area contributed by atoms with Crippen LogP contribution in [0.1, 0.15) is 267 Å². The quantitative estimate of drug-likeness (QED) is 0.0591. The van der Waals surface area contributed by atoms with E-state index < -0.39 is 143 Å². The second-order valence-corrected chi connectivity index (χ2v) is 43.0. The van der Waals surface area contributed by atoms with Crippen LogP contribution in [-0.2, 0) is 132 Å². The Bertz CT molecular complexity index is 5150. The Morgan fingerprint density at radius 1 is 0.417 bits per heavy atom. The maximum Gasteiger partial charge on any atom is 0.428 e. The third kappa shape index (κ3) is 25.4. The minimum Gasteiger partial charge on any atom is -0.540 e. The van der Waals surface area contributed by atoms with Crippen LogP contribution in [0, 0.1) is 74.9 Å². The molecule has 3 saturated heterocycles. The number of halogens is 5. The summed E-state index contributed by atoms with van der Waals surface area (Å²) in [5.74, 6) is -7.77. The van der Waals surface area contributed by atoms with Gasteiger partial charge in [0, 0.05) is 98.5 Å². The summed E-state index contributed by atoms with van der Waals surface area (Å²) in [6.07, 6.45) is 13.5. The molecule has 35 heteroatoms. The number of esters is 3. The molecule has 6 aliphatic heterocycles. The van der Waals surface area contributed by atoms with Gasteiger partial charge in [0.15, 0.2) is 0 Å². The Labute approximate surface area is 848 Å². The summed E-state index contributed by atoms with van der Waals surface area (Å²) in [4.78, 5) is 153. The van der Waals surface area contributed by atoms with Crippen molar-refractivity contribution in [1.29, 1.82) is 0 Å². The number of fused-ring (bicyclic) bond motifs is 15. The van der Waals surface area contributed by atoms with Crippen molar-refractivity contribution >= 4 is 87.6 Å². The van der Waals surface area contributed by atoms with Crippen LogP contribution in [0.15, 0.2) is 54.6 Å². The molecule has 3 aromatic carbocycles. The van der Waals surface area contributed by atoms with Crippen LogP contribution in [0.2, 0.25) is 0 Å². The molecule has 3 aromatic heterocycles. The van der Waals surface area contributed by atoms with Gasteiger partial charge in [-0.3, -0.25) is 28.8 Å². The van der Waals surface area contributed by atoms with E-state index in [0.29, 0.717) is 156 Å². The molecule has 6 bridgehead atoms. The maximum atomic E-state index is 14.7. The summed E-state index contributed by atoms with van der Waals surface area (Å²) in [5, 5.41) is 0. The molecule has 757 valence electrons. The van der Waals surface area contributed by atoms with E-state index in [1.165, 1.54) is 22.6 Å². The van der Waals surface area contributed by atoms with Crippen LogP contribution < -0.4 is 28.4 Å². The first-order valence-electron chi connectivity index (χ1n) is 49.2. The van der Waals surface area contributed by atoms with Crippen molar-refractivity contribution in [3.63, 3.8) is 0 Å². The van der Waals surface area contributed by atoms with Crippen LogP contribution >= 0.6 is 0 Å². The number of ether oxygens (including phenoxy) is 9. The fourth-order valence-corrected chi connectivity index (χ4v) is 22.5. The molecule has 18 atom stereocenters. The summed E-state index contributed by atoms with van der Waals surface area (Å²) in [6.45, 7) is 22.7. The summed E-state index contributed by atoms with van der Waals surface area (Å²) >= 11 is 0. The SMILES string of the molecule is CC[C@@H]1[C@@H]2CN(C(=O)[C@H](C(C)(C)C)CC(=O)O[C@@H]3CC(F)(F)C[C@H]3CCCCCc3nc4ccc(OC)cc4nc3O2)[C@@H]1[C-]=O.CC[C@@H]1[C@@H]2CN(C(=O)[C@H](C(C)(C)C)CC(=O)O[C@@H]3CC4(CC4)C[C@H]3CCCCCc3nc4ccc(OC)cc4nc3O2)[C@@H]1[C-]=O.COc1ccc2nc3c(nc2c1)O[C@H]1CN(C(=O)[C@H](C(C)(C)C)CC(=O)O[C@]2(C(F)(F)F)CCC[C@H]2CCCCC3)[C@H]([C-]=O)[C@@H]1C.[V].[V].[V]. The van der Waals surface area contributed by atoms with E-state index in [2.05, 4.69) is 12.6 Å². The monoisotopic (exact) mass is 2050 g/mol. The Hall–Kier alpha value is -8.29. The average molecular weight is 2050 g/mol. The van der Waals surface area contributed by atoms with Gasteiger partial charge in [0.2, 0.25) is 41.0 Å². The van der Waals surface area contributed by atoms with Crippen molar-refractivity contribution in [2.24, 2.45) is 74.9 Å². The number of benzene rings is 3. The molecule has 16 rings (SSSR count). The molecule has 1 spiro atoms. The molecule has 3 radical (unpaired) electrons. The molecule has 0 unspecified atom stereocenters. The van der Waals surface area contributed by atoms with Crippen molar-refractivity contribution in [3.8, 4) is 34.9 Å². The fraction of sp³-hybridized carbons (Fsp3) is 0.683. The summed E-state index contributed by atoms with van der Waals surface area (Å²) < 4.78 is 126. The Kier molecular flexibility index (Phi) is 36.9. The van der Waals surface area contributed by atoms with E-state index in [1.54, 1.807) is 78.2 Å². The third-order valence-electron chi connectivity index (χ3n) is 30.7. The van der Waals surface area contributed by atoms with Gasteiger partial charge in [-0.15, -0.1) is 0 Å². The van der Waals surface area contributed by atoms with Gasteiger partial charge in [-0.05, 0) is 184 Å². The minimum atomic E-state index is -4.75. The van der Waals surface area contributed by atoms with Gasteiger partial charge >= 0.3 is 24.1 Å². The van der Waals surface area contributed by atoms with E-state index in [0.717, 1.165) is 62.6 Å². The van der Waals surface area contributed by atoms with Crippen molar-refractivity contribution in [2.75, 3.05) is 41.0 Å². The summed E-state index contributed by atoms with van der Waals surface area (Å²) in [6, 6.07) is 13.8. The second kappa shape index (κ2) is 46.2. The Balaban J connectivity index is 0.000000198. The molecule has 7 fully saturated rings. The van der Waals surface area contributed by atoms with Crippen LogP contribution in [0.4, 0.5) is 22.0 Å². The zero-order chi connectivity index (χ0) is 97.9. The van der Waals surface area contributed by atoms with Crippen LogP contribution in [0.5, 0.6) is 34.9 Å². The van der Waals surface area contributed by atoms with Crippen molar-refractivity contribution < 1.29 is 163 Å². The van der Waals surface area contributed by atoms with E-state index >= 15 is 0 Å². The molecule has 4 saturated carbocycles. The molecule has 0 N–H and O–H groups in total. The number of carbonyl (C=O) groups is 6. The number of nitrogens with zero attached hydrogens (tertiary/aromatic N) is 9. The number of hydrogen-bond donors (Lipinski definition) is 0. The van der Waals surface area contributed by atoms with Gasteiger partial charge in [-0.2, -0.15) is 13.2 Å². The van der Waals surface area contributed by atoms with Crippen LogP contribution in [0.25, 0.3) is 33.1 Å². The predicted molar refractivity (Wildman–Crippen MR) is 495 cm³/mol. The zero-order valence-electron chi connectivity index (χ0n) is 82.7. The topological polar surface area (TPSA) is 324 Å². The number of alkyl halides is 5. The molecular formula is C104H135F5N9O18V3-3. The predicted octanol–water partition coefficient (Wildman–Crippen LogP) is 18.0. The number of rotatable bonds is 8. The maximum absolute atomic E-state index is 14.7. The molecule has 27 nitrogen and oxygen atoms in total. The number of hydrogen-bond acceptors (Lipinski definition) is 24.